The average molecular weight is 728 g/mol. The van der Waals surface area contributed by atoms with E-state index in [1.807, 2.05) is 61.5 Å². The number of halogens is 2. The lowest BCUT2D eigenvalue weighted by Crippen LogP contribution is -2.53. The molecule has 4 rings (SSSR count). The fourth-order valence-corrected chi connectivity index (χ4v) is 6.75. The predicted octanol–water partition coefficient (Wildman–Crippen LogP) is 6.57. The Morgan fingerprint density at radius 1 is 0.791 bits per heavy atom. The van der Waals surface area contributed by atoms with Crippen LogP contribution >= 0.6 is 31.9 Å². The molecule has 0 aliphatic rings. The second-order valence-corrected chi connectivity index (χ2v) is 13.6. The molecule has 43 heavy (non-hydrogen) atoms. The van der Waals surface area contributed by atoms with Crippen LogP contribution in [0.4, 0.5) is 5.69 Å². The van der Waals surface area contributed by atoms with E-state index in [1.165, 1.54) is 17.0 Å². The molecular weight excluding hydrogens is 694 g/mol. The largest absolute Gasteiger partial charge is 0.354 e. The summed E-state index contributed by atoms with van der Waals surface area (Å²) in [7, 11) is -4.13. The summed E-state index contributed by atoms with van der Waals surface area (Å²) in [5.41, 5.74) is 2.01. The number of benzene rings is 4. The molecule has 0 heterocycles. The Morgan fingerprint density at radius 2 is 1.42 bits per heavy atom. The summed E-state index contributed by atoms with van der Waals surface area (Å²) >= 11 is 6.90. The maximum atomic E-state index is 14.4. The molecule has 10 heteroatoms. The van der Waals surface area contributed by atoms with Gasteiger partial charge >= 0.3 is 0 Å². The fourth-order valence-electron chi connectivity index (χ4n) is 4.61. The van der Waals surface area contributed by atoms with Gasteiger partial charge in [0.2, 0.25) is 11.8 Å². The van der Waals surface area contributed by atoms with Crippen LogP contribution in [0.1, 0.15) is 24.5 Å². The van der Waals surface area contributed by atoms with Gasteiger partial charge in [-0.3, -0.25) is 13.9 Å². The van der Waals surface area contributed by atoms with Crippen molar-refractivity contribution in [3.63, 3.8) is 0 Å². The number of carbonyl (C=O) groups excluding carboxylic acids is 2. The van der Waals surface area contributed by atoms with E-state index in [9.17, 15) is 18.0 Å². The highest BCUT2D eigenvalue weighted by Crippen LogP contribution is 2.26. The predicted molar refractivity (Wildman–Crippen MR) is 177 cm³/mol. The molecule has 0 saturated carbocycles. The van der Waals surface area contributed by atoms with Crippen molar-refractivity contribution in [1.29, 1.82) is 0 Å². The summed E-state index contributed by atoms with van der Waals surface area (Å²) in [6.45, 7) is 2.02. The summed E-state index contributed by atoms with van der Waals surface area (Å²) in [5, 5.41) is 2.95. The molecule has 4 aromatic carbocycles. The molecule has 2 amide bonds. The van der Waals surface area contributed by atoms with Crippen LogP contribution in [0.25, 0.3) is 0 Å². The Hall–Kier alpha value is -3.47. The van der Waals surface area contributed by atoms with E-state index in [1.54, 1.807) is 42.5 Å². The summed E-state index contributed by atoms with van der Waals surface area (Å²) in [4.78, 5) is 29.6. The molecular formula is C33H33Br2N3O4S. The second kappa shape index (κ2) is 15.3. The van der Waals surface area contributed by atoms with E-state index < -0.39 is 28.5 Å². The van der Waals surface area contributed by atoms with E-state index in [0.29, 0.717) is 12.2 Å². The van der Waals surface area contributed by atoms with Crippen LogP contribution in [0, 0.1) is 0 Å². The van der Waals surface area contributed by atoms with Crippen LogP contribution in [-0.4, -0.2) is 44.3 Å². The highest BCUT2D eigenvalue weighted by atomic mass is 79.9. The Bertz CT molecular complexity index is 1620. The molecule has 1 N–H and O–H groups in total. The quantitative estimate of drug-likeness (QED) is 0.169. The van der Waals surface area contributed by atoms with Gasteiger partial charge in [0.1, 0.15) is 12.6 Å². The zero-order valence-corrected chi connectivity index (χ0v) is 27.7. The van der Waals surface area contributed by atoms with E-state index in [-0.39, 0.29) is 23.8 Å². The van der Waals surface area contributed by atoms with Crippen molar-refractivity contribution >= 4 is 59.4 Å². The number of amides is 2. The first-order valence-corrected chi connectivity index (χ1v) is 16.9. The number of hydrogen-bond donors (Lipinski definition) is 1. The van der Waals surface area contributed by atoms with Gasteiger partial charge in [0.05, 0.1) is 10.6 Å². The van der Waals surface area contributed by atoms with Gasteiger partial charge in [-0.1, -0.05) is 99.4 Å². The third kappa shape index (κ3) is 8.78. The first-order valence-electron chi connectivity index (χ1n) is 13.9. The lowest BCUT2D eigenvalue weighted by molar-refractivity contribution is -0.140. The lowest BCUT2D eigenvalue weighted by atomic mass is 10.0. The highest BCUT2D eigenvalue weighted by Gasteiger charge is 2.34. The summed E-state index contributed by atoms with van der Waals surface area (Å²) in [6.07, 6.45) is 0.996. The number of rotatable bonds is 13. The third-order valence-corrected chi connectivity index (χ3v) is 9.60. The second-order valence-electron chi connectivity index (χ2n) is 9.95. The minimum atomic E-state index is -4.13. The van der Waals surface area contributed by atoms with Gasteiger partial charge in [0, 0.05) is 28.5 Å². The smallest absolute Gasteiger partial charge is 0.264 e. The van der Waals surface area contributed by atoms with E-state index in [0.717, 1.165) is 30.8 Å². The number of carbonyl (C=O) groups is 2. The normalized spacial score (nSPS) is 11.9. The van der Waals surface area contributed by atoms with E-state index in [2.05, 4.69) is 37.2 Å². The van der Waals surface area contributed by atoms with Gasteiger partial charge in [-0.2, -0.15) is 0 Å². The van der Waals surface area contributed by atoms with E-state index >= 15 is 0 Å². The van der Waals surface area contributed by atoms with Gasteiger partial charge in [-0.05, 0) is 66.1 Å². The van der Waals surface area contributed by atoms with Gasteiger partial charge in [0.15, 0.2) is 0 Å². The summed E-state index contributed by atoms with van der Waals surface area (Å²) in [6, 6.07) is 30.9. The van der Waals surface area contributed by atoms with Crippen LogP contribution in [0.3, 0.4) is 0 Å². The van der Waals surface area contributed by atoms with Crippen molar-refractivity contribution in [2.75, 3.05) is 17.4 Å². The Kier molecular flexibility index (Phi) is 11.6. The minimum absolute atomic E-state index is 0.0609. The number of hydrogen-bond acceptors (Lipinski definition) is 4. The maximum absolute atomic E-state index is 14.4. The van der Waals surface area contributed by atoms with Crippen LogP contribution in [0.2, 0.25) is 0 Å². The van der Waals surface area contributed by atoms with Crippen molar-refractivity contribution in [3.05, 3.63) is 129 Å². The molecule has 4 aromatic rings. The Labute approximate surface area is 270 Å². The van der Waals surface area contributed by atoms with Gasteiger partial charge in [0.25, 0.3) is 10.0 Å². The number of sulfonamides is 1. The molecule has 224 valence electrons. The molecule has 7 nitrogen and oxygen atoms in total. The molecule has 0 aromatic heterocycles. The standard InChI is InChI=1S/C33H33Br2N3O4S/c1-2-20-36-33(40)31(22-25-10-5-3-6-11-25)37(23-26-12-9-13-28(35)21-26)32(39)24-38(29-18-16-27(34)17-19-29)43(41,42)30-14-7-4-8-15-30/h3-19,21,31H,2,20,22-24H2,1H3,(H,36,40). The summed E-state index contributed by atoms with van der Waals surface area (Å²) < 4.78 is 30.7. The molecule has 0 aliphatic heterocycles. The zero-order chi connectivity index (χ0) is 30.8. The van der Waals surface area contributed by atoms with E-state index in [4.69, 9.17) is 0 Å². The molecule has 1 unspecified atom stereocenters. The summed E-state index contributed by atoms with van der Waals surface area (Å²) in [5.74, 6) is -0.801. The van der Waals surface area contributed by atoms with Gasteiger partial charge in [-0.25, -0.2) is 8.42 Å². The molecule has 0 bridgehead atoms. The first kappa shape index (κ1) is 32.4. The topological polar surface area (TPSA) is 86.8 Å². The van der Waals surface area contributed by atoms with Crippen molar-refractivity contribution in [1.82, 2.24) is 10.2 Å². The highest BCUT2D eigenvalue weighted by molar-refractivity contribution is 9.10. The molecule has 0 saturated heterocycles. The molecule has 1 atom stereocenters. The van der Waals surface area contributed by atoms with Crippen molar-refractivity contribution in [3.8, 4) is 0 Å². The Balaban J connectivity index is 1.78. The van der Waals surface area contributed by atoms with Crippen molar-refractivity contribution in [2.24, 2.45) is 0 Å². The zero-order valence-electron chi connectivity index (χ0n) is 23.7. The van der Waals surface area contributed by atoms with Crippen molar-refractivity contribution < 1.29 is 18.0 Å². The van der Waals surface area contributed by atoms with Crippen LogP contribution in [-0.2, 0) is 32.6 Å². The SMILES string of the molecule is CCCNC(=O)C(Cc1ccccc1)N(Cc1cccc(Br)c1)C(=O)CN(c1ccc(Br)cc1)S(=O)(=O)c1ccccc1. The lowest BCUT2D eigenvalue weighted by Gasteiger charge is -2.34. The molecule has 0 fully saturated rings. The van der Waals surface area contributed by atoms with Crippen LogP contribution in [0.15, 0.2) is 123 Å². The number of anilines is 1. The maximum Gasteiger partial charge on any atom is 0.264 e. The third-order valence-electron chi connectivity index (χ3n) is 6.79. The molecule has 0 spiro atoms. The minimum Gasteiger partial charge on any atom is -0.354 e. The molecule has 0 aliphatic carbocycles. The van der Waals surface area contributed by atoms with Crippen molar-refractivity contribution in [2.45, 2.75) is 37.2 Å². The van der Waals surface area contributed by atoms with Gasteiger partial charge < -0.3 is 10.2 Å². The Morgan fingerprint density at radius 3 is 2.05 bits per heavy atom. The van der Waals surface area contributed by atoms with Gasteiger partial charge in [-0.15, -0.1) is 0 Å². The monoisotopic (exact) mass is 725 g/mol. The van der Waals surface area contributed by atoms with Crippen LogP contribution < -0.4 is 9.62 Å². The number of nitrogens with zero attached hydrogens (tertiary/aromatic N) is 2. The average Bonchev–Trinajstić information content (AvgIpc) is 3.01. The number of nitrogens with one attached hydrogen (secondary N) is 1. The van der Waals surface area contributed by atoms with Crippen LogP contribution in [0.5, 0.6) is 0 Å². The first-order chi connectivity index (χ1) is 20.7. The fraction of sp³-hybridized carbons (Fsp3) is 0.212. The molecule has 0 radical (unpaired) electrons.